The quantitative estimate of drug-likeness (QED) is 0.265. The van der Waals surface area contributed by atoms with E-state index in [2.05, 4.69) is 48.8 Å². The molecule has 1 aromatic heterocycles. The average molecular weight is 544 g/mol. The normalized spacial score (nSPS) is 15.6. The minimum absolute atomic E-state index is 0.616. The predicted octanol–water partition coefficient (Wildman–Crippen LogP) is 6.90. The number of hydrogen-bond acceptors (Lipinski definition) is 4. The van der Waals surface area contributed by atoms with E-state index in [-0.39, 0.29) is 0 Å². The minimum Gasteiger partial charge on any atom is -0.362 e. The number of para-hydroxylation sites is 2. The Balaban J connectivity index is 1.12. The van der Waals surface area contributed by atoms with Gasteiger partial charge in [0.05, 0.1) is 23.5 Å². The third-order valence-corrected chi connectivity index (χ3v) is 7.97. The standard InChI is InChI=1S/C32H32F3N5/c1-23-36-37-30-22-39(28-10-5-6-11-29(28)40(23)30)19-7-18-38-20-16-26(17-21-38)31(24-8-3-2-4-9-24)25-12-14-27(15-13-25)32(33,34)35/h2-6,8-15H,7,16-22H2,1H3. The van der Waals surface area contributed by atoms with Crippen molar-refractivity contribution in [3.05, 3.63) is 113 Å². The summed E-state index contributed by atoms with van der Waals surface area (Å²) in [5.41, 5.74) is 6.00. The number of anilines is 1. The summed E-state index contributed by atoms with van der Waals surface area (Å²) < 4.78 is 41.7. The Morgan fingerprint density at radius 2 is 1.43 bits per heavy atom. The van der Waals surface area contributed by atoms with Gasteiger partial charge >= 0.3 is 6.18 Å². The van der Waals surface area contributed by atoms with Crippen LogP contribution in [0.3, 0.4) is 0 Å². The van der Waals surface area contributed by atoms with Crippen LogP contribution in [0.25, 0.3) is 11.3 Å². The third kappa shape index (κ3) is 5.28. The van der Waals surface area contributed by atoms with Crippen molar-refractivity contribution >= 4 is 11.3 Å². The van der Waals surface area contributed by atoms with Crippen molar-refractivity contribution in [2.75, 3.05) is 31.1 Å². The van der Waals surface area contributed by atoms with E-state index < -0.39 is 11.7 Å². The molecule has 4 aromatic rings. The Hall–Kier alpha value is -3.91. The van der Waals surface area contributed by atoms with Gasteiger partial charge in [0.25, 0.3) is 0 Å². The summed E-state index contributed by atoms with van der Waals surface area (Å²) in [6, 6.07) is 24.1. The highest BCUT2D eigenvalue weighted by molar-refractivity contribution is 5.82. The summed E-state index contributed by atoms with van der Waals surface area (Å²) in [6.07, 6.45) is -1.50. The molecular formula is C32H32F3N5. The molecule has 0 unspecified atom stereocenters. The summed E-state index contributed by atoms with van der Waals surface area (Å²) >= 11 is 0. The van der Waals surface area contributed by atoms with Crippen LogP contribution in [0.2, 0.25) is 0 Å². The zero-order chi connectivity index (χ0) is 27.7. The van der Waals surface area contributed by atoms with Crippen LogP contribution in [0, 0.1) is 6.92 Å². The molecule has 0 N–H and O–H groups in total. The van der Waals surface area contributed by atoms with Crippen molar-refractivity contribution in [3.63, 3.8) is 0 Å². The zero-order valence-electron chi connectivity index (χ0n) is 22.5. The first-order valence-corrected chi connectivity index (χ1v) is 13.8. The number of fused-ring (bicyclic) bond motifs is 3. The van der Waals surface area contributed by atoms with E-state index in [0.717, 1.165) is 86.0 Å². The molecule has 0 spiro atoms. The summed E-state index contributed by atoms with van der Waals surface area (Å²) in [5.74, 6) is 1.88. The largest absolute Gasteiger partial charge is 0.416 e. The van der Waals surface area contributed by atoms with Gasteiger partial charge in [0.2, 0.25) is 0 Å². The van der Waals surface area contributed by atoms with Crippen LogP contribution in [0.4, 0.5) is 18.9 Å². The van der Waals surface area contributed by atoms with Crippen LogP contribution in [-0.4, -0.2) is 45.8 Å². The van der Waals surface area contributed by atoms with Gasteiger partial charge in [-0.25, -0.2) is 0 Å². The van der Waals surface area contributed by atoms with Gasteiger partial charge in [-0.05, 0) is 73.7 Å². The first-order chi connectivity index (χ1) is 19.4. The zero-order valence-corrected chi connectivity index (χ0v) is 22.5. The summed E-state index contributed by atoms with van der Waals surface area (Å²) in [7, 11) is 0. The van der Waals surface area contributed by atoms with Gasteiger partial charge in [-0.2, -0.15) is 13.2 Å². The van der Waals surface area contributed by atoms with Crippen LogP contribution in [0.5, 0.6) is 0 Å². The lowest BCUT2D eigenvalue weighted by molar-refractivity contribution is -0.137. The number of hydrogen-bond donors (Lipinski definition) is 0. The van der Waals surface area contributed by atoms with Crippen molar-refractivity contribution in [1.29, 1.82) is 0 Å². The summed E-state index contributed by atoms with van der Waals surface area (Å²) in [6.45, 7) is 6.55. The summed E-state index contributed by atoms with van der Waals surface area (Å²) in [4.78, 5) is 4.90. The Kier molecular flexibility index (Phi) is 7.19. The Bertz CT molecular complexity index is 1500. The van der Waals surface area contributed by atoms with Gasteiger partial charge in [-0.3, -0.25) is 4.57 Å². The maximum absolute atomic E-state index is 13.2. The SMILES string of the molecule is Cc1nnc2n1-c1ccccc1N(CCCN1CCC(=C(c3ccccc3)c3ccc(C(F)(F)F)cc3)CC1)C2. The molecule has 8 heteroatoms. The van der Waals surface area contributed by atoms with E-state index in [9.17, 15) is 13.2 Å². The van der Waals surface area contributed by atoms with E-state index in [1.807, 2.05) is 37.3 Å². The van der Waals surface area contributed by atoms with E-state index in [1.54, 1.807) is 12.1 Å². The highest BCUT2D eigenvalue weighted by Crippen LogP contribution is 2.36. The number of halogens is 3. The molecule has 3 heterocycles. The summed E-state index contributed by atoms with van der Waals surface area (Å²) in [5, 5.41) is 8.68. The number of aryl methyl sites for hydroxylation is 1. The number of likely N-dealkylation sites (tertiary alicyclic amines) is 1. The number of nitrogens with zero attached hydrogens (tertiary/aromatic N) is 5. The van der Waals surface area contributed by atoms with Crippen LogP contribution in [-0.2, 0) is 12.7 Å². The van der Waals surface area contributed by atoms with E-state index >= 15 is 0 Å². The molecule has 206 valence electrons. The Morgan fingerprint density at radius 3 is 2.12 bits per heavy atom. The molecule has 0 bridgehead atoms. The van der Waals surface area contributed by atoms with Crippen LogP contribution >= 0.6 is 0 Å². The highest BCUT2D eigenvalue weighted by Gasteiger charge is 2.30. The van der Waals surface area contributed by atoms with Gasteiger partial charge < -0.3 is 9.80 Å². The molecule has 1 saturated heterocycles. The second-order valence-corrected chi connectivity index (χ2v) is 10.5. The Morgan fingerprint density at radius 1 is 0.775 bits per heavy atom. The van der Waals surface area contributed by atoms with Crippen LogP contribution in [0.1, 0.15) is 47.6 Å². The fraction of sp³-hybridized carbons (Fsp3) is 0.312. The predicted molar refractivity (Wildman–Crippen MR) is 151 cm³/mol. The first-order valence-electron chi connectivity index (χ1n) is 13.8. The molecule has 40 heavy (non-hydrogen) atoms. The fourth-order valence-corrected chi connectivity index (χ4v) is 5.99. The molecule has 0 amide bonds. The smallest absolute Gasteiger partial charge is 0.362 e. The maximum atomic E-state index is 13.2. The van der Waals surface area contributed by atoms with E-state index in [1.165, 1.54) is 23.4 Å². The monoisotopic (exact) mass is 543 g/mol. The number of alkyl halides is 3. The minimum atomic E-state index is -4.34. The van der Waals surface area contributed by atoms with Gasteiger partial charge in [-0.1, -0.05) is 60.2 Å². The second kappa shape index (κ2) is 10.9. The lowest BCUT2D eigenvalue weighted by Crippen LogP contribution is -2.35. The molecule has 1 fully saturated rings. The number of rotatable bonds is 6. The van der Waals surface area contributed by atoms with Crippen LogP contribution in [0.15, 0.2) is 84.4 Å². The molecule has 0 atom stereocenters. The second-order valence-electron chi connectivity index (χ2n) is 10.5. The number of aromatic nitrogens is 3. The molecule has 0 saturated carbocycles. The van der Waals surface area contributed by atoms with Gasteiger partial charge in [0, 0.05) is 19.6 Å². The van der Waals surface area contributed by atoms with Crippen molar-refractivity contribution in [3.8, 4) is 5.69 Å². The Labute approximate surface area is 232 Å². The lowest BCUT2D eigenvalue weighted by atomic mass is 9.88. The van der Waals surface area contributed by atoms with Crippen molar-refractivity contribution < 1.29 is 13.2 Å². The lowest BCUT2D eigenvalue weighted by Gasteiger charge is -2.33. The molecule has 5 nitrogen and oxygen atoms in total. The molecular weight excluding hydrogens is 511 g/mol. The van der Waals surface area contributed by atoms with E-state index in [0.29, 0.717) is 0 Å². The topological polar surface area (TPSA) is 37.2 Å². The number of piperidine rings is 1. The fourth-order valence-electron chi connectivity index (χ4n) is 5.99. The molecule has 0 aliphatic carbocycles. The van der Waals surface area contributed by atoms with Crippen molar-refractivity contribution in [2.45, 2.75) is 38.9 Å². The van der Waals surface area contributed by atoms with Gasteiger partial charge in [0.1, 0.15) is 5.82 Å². The molecule has 3 aromatic carbocycles. The maximum Gasteiger partial charge on any atom is 0.416 e. The third-order valence-electron chi connectivity index (χ3n) is 7.97. The highest BCUT2D eigenvalue weighted by atomic mass is 19.4. The van der Waals surface area contributed by atoms with Crippen molar-refractivity contribution in [2.24, 2.45) is 0 Å². The molecule has 6 rings (SSSR count). The molecule has 2 aliphatic rings. The first kappa shape index (κ1) is 26.3. The number of benzene rings is 3. The van der Waals surface area contributed by atoms with Crippen molar-refractivity contribution in [1.82, 2.24) is 19.7 Å². The van der Waals surface area contributed by atoms with Crippen LogP contribution < -0.4 is 4.90 Å². The van der Waals surface area contributed by atoms with Gasteiger partial charge in [-0.15, -0.1) is 10.2 Å². The molecule has 0 radical (unpaired) electrons. The average Bonchev–Trinajstić information content (AvgIpc) is 3.35. The molecule has 2 aliphatic heterocycles. The van der Waals surface area contributed by atoms with E-state index in [4.69, 9.17) is 0 Å². The van der Waals surface area contributed by atoms with Gasteiger partial charge in [0.15, 0.2) is 5.82 Å².